The standard InChI is InChI=1S/C19H18ClN3O4S/c1-11-13(20)5-4-6-14(11)21-17(24)10-28-19-23-22-18(27-19)12-7-8-15(25-2)16(9-12)26-3/h4-9H,10H2,1-3H3,(H,21,24). The van der Waals surface area contributed by atoms with Crippen molar-refractivity contribution in [1.82, 2.24) is 10.2 Å². The SMILES string of the molecule is COc1ccc(-c2nnc(SCC(=O)Nc3cccc(Cl)c3C)o2)cc1OC. The van der Waals surface area contributed by atoms with Crippen molar-refractivity contribution < 1.29 is 18.7 Å². The van der Waals surface area contributed by atoms with Crippen LogP contribution in [0.2, 0.25) is 5.02 Å². The lowest BCUT2D eigenvalue weighted by atomic mass is 10.2. The van der Waals surface area contributed by atoms with Crippen LogP contribution in [0.4, 0.5) is 5.69 Å². The number of hydrogen-bond donors (Lipinski definition) is 1. The molecule has 1 N–H and O–H groups in total. The van der Waals surface area contributed by atoms with Crippen molar-refractivity contribution in [2.75, 3.05) is 25.3 Å². The summed E-state index contributed by atoms with van der Waals surface area (Å²) in [7, 11) is 3.12. The first kappa shape index (κ1) is 20.0. The number of amides is 1. The van der Waals surface area contributed by atoms with E-state index in [2.05, 4.69) is 15.5 Å². The van der Waals surface area contributed by atoms with Crippen LogP contribution in [0.5, 0.6) is 11.5 Å². The van der Waals surface area contributed by atoms with Crippen LogP contribution in [-0.4, -0.2) is 36.1 Å². The summed E-state index contributed by atoms with van der Waals surface area (Å²) in [6, 6.07) is 10.6. The second kappa shape index (κ2) is 8.99. The van der Waals surface area contributed by atoms with Crippen molar-refractivity contribution in [3.63, 3.8) is 0 Å². The van der Waals surface area contributed by atoms with Gasteiger partial charge < -0.3 is 19.2 Å². The molecule has 0 unspecified atom stereocenters. The number of thioether (sulfide) groups is 1. The zero-order valence-corrected chi connectivity index (χ0v) is 17.1. The molecule has 1 aromatic heterocycles. The molecule has 0 saturated heterocycles. The van der Waals surface area contributed by atoms with Crippen LogP contribution in [-0.2, 0) is 4.79 Å². The van der Waals surface area contributed by atoms with Gasteiger partial charge in [0.1, 0.15) is 0 Å². The average molecular weight is 420 g/mol. The number of hydrogen-bond acceptors (Lipinski definition) is 7. The van der Waals surface area contributed by atoms with Gasteiger partial charge in [-0.05, 0) is 42.8 Å². The lowest BCUT2D eigenvalue weighted by Crippen LogP contribution is -2.14. The predicted octanol–water partition coefficient (Wildman–Crippen LogP) is 4.45. The zero-order chi connectivity index (χ0) is 20.1. The van der Waals surface area contributed by atoms with Gasteiger partial charge in [-0.25, -0.2) is 0 Å². The number of benzene rings is 2. The summed E-state index contributed by atoms with van der Waals surface area (Å²) in [5.41, 5.74) is 2.18. The summed E-state index contributed by atoms with van der Waals surface area (Å²) < 4.78 is 16.1. The molecule has 0 aliphatic heterocycles. The van der Waals surface area contributed by atoms with Crippen molar-refractivity contribution in [3.05, 3.63) is 47.0 Å². The van der Waals surface area contributed by atoms with E-state index in [4.69, 9.17) is 25.5 Å². The van der Waals surface area contributed by atoms with Gasteiger partial charge in [-0.2, -0.15) is 0 Å². The molecule has 28 heavy (non-hydrogen) atoms. The first-order chi connectivity index (χ1) is 13.5. The Hall–Kier alpha value is -2.71. The fraction of sp³-hybridized carbons (Fsp3) is 0.211. The molecular formula is C19H18ClN3O4S. The van der Waals surface area contributed by atoms with Crippen LogP contribution in [0.25, 0.3) is 11.5 Å². The molecule has 146 valence electrons. The van der Waals surface area contributed by atoms with Gasteiger partial charge in [0, 0.05) is 16.3 Å². The van der Waals surface area contributed by atoms with E-state index in [1.165, 1.54) is 0 Å². The monoisotopic (exact) mass is 419 g/mol. The van der Waals surface area contributed by atoms with E-state index in [-0.39, 0.29) is 11.7 Å². The topological polar surface area (TPSA) is 86.5 Å². The molecule has 7 nitrogen and oxygen atoms in total. The van der Waals surface area contributed by atoms with E-state index >= 15 is 0 Å². The molecule has 0 fully saturated rings. The Labute approximate surface area is 171 Å². The minimum atomic E-state index is -0.193. The Kier molecular flexibility index (Phi) is 6.43. The number of halogens is 1. The minimum Gasteiger partial charge on any atom is -0.493 e. The van der Waals surface area contributed by atoms with E-state index < -0.39 is 0 Å². The number of nitrogens with one attached hydrogen (secondary N) is 1. The van der Waals surface area contributed by atoms with E-state index in [0.29, 0.717) is 38.9 Å². The van der Waals surface area contributed by atoms with Crippen molar-refractivity contribution >= 4 is 35.0 Å². The number of aromatic nitrogens is 2. The van der Waals surface area contributed by atoms with Crippen molar-refractivity contribution in [1.29, 1.82) is 0 Å². The first-order valence-corrected chi connectivity index (χ1v) is 9.62. The van der Waals surface area contributed by atoms with E-state index in [1.54, 1.807) is 50.6 Å². The number of methoxy groups -OCH3 is 2. The van der Waals surface area contributed by atoms with Crippen LogP contribution in [0.15, 0.2) is 46.0 Å². The summed E-state index contributed by atoms with van der Waals surface area (Å²) in [4.78, 5) is 12.2. The van der Waals surface area contributed by atoms with Gasteiger partial charge in [0.2, 0.25) is 11.8 Å². The van der Waals surface area contributed by atoms with Crippen LogP contribution in [0.3, 0.4) is 0 Å². The van der Waals surface area contributed by atoms with Gasteiger partial charge in [0.05, 0.1) is 20.0 Å². The average Bonchev–Trinajstić information content (AvgIpc) is 3.18. The van der Waals surface area contributed by atoms with Gasteiger partial charge in [0.25, 0.3) is 5.22 Å². The van der Waals surface area contributed by atoms with Crippen LogP contribution < -0.4 is 14.8 Å². The normalized spacial score (nSPS) is 10.6. The molecule has 9 heteroatoms. The van der Waals surface area contributed by atoms with E-state index in [1.807, 2.05) is 6.92 Å². The van der Waals surface area contributed by atoms with Gasteiger partial charge >= 0.3 is 0 Å². The molecule has 1 heterocycles. The van der Waals surface area contributed by atoms with Crippen molar-refractivity contribution in [3.8, 4) is 23.0 Å². The molecule has 3 aromatic rings. The molecular weight excluding hydrogens is 402 g/mol. The highest BCUT2D eigenvalue weighted by Gasteiger charge is 2.14. The number of rotatable bonds is 7. The Morgan fingerprint density at radius 1 is 1.18 bits per heavy atom. The fourth-order valence-electron chi connectivity index (χ4n) is 2.41. The maximum absolute atomic E-state index is 12.2. The third-order valence-corrected chi connectivity index (χ3v) is 5.13. The van der Waals surface area contributed by atoms with E-state index in [0.717, 1.165) is 17.3 Å². The maximum Gasteiger partial charge on any atom is 0.277 e. The number of carbonyl (C=O) groups is 1. The molecule has 2 aromatic carbocycles. The van der Waals surface area contributed by atoms with Crippen LogP contribution in [0, 0.1) is 6.92 Å². The van der Waals surface area contributed by atoms with Crippen LogP contribution in [0.1, 0.15) is 5.56 Å². The molecule has 0 aliphatic rings. The minimum absolute atomic E-state index is 0.125. The predicted molar refractivity (Wildman–Crippen MR) is 108 cm³/mol. The van der Waals surface area contributed by atoms with Crippen molar-refractivity contribution in [2.24, 2.45) is 0 Å². The summed E-state index contributed by atoms with van der Waals surface area (Å²) >= 11 is 7.21. The largest absolute Gasteiger partial charge is 0.493 e. The quantitative estimate of drug-likeness (QED) is 0.566. The summed E-state index contributed by atoms with van der Waals surface area (Å²) in [5, 5.41) is 11.7. The second-order valence-corrected chi connectivity index (χ2v) is 7.03. The highest BCUT2D eigenvalue weighted by Crippen LogP contribution is 2.32. The second-order valence-electron chi connectivity index (χ2n) is 5.69. The summed E-state index contributed by atoms with van der Waals surface area (Å²) in [6.07, 6.45) is 0. The van der Waals surface area contributed by atoms with Crippen molar-refractivity contribution in [2.45, 2.75) is 12.1 Å². The van der Waals surface area contributed by atoms with E-state index in [9.17, 15) is 4.79 Å². The summed E-state index contributed by atoms with van der Waals surface area (Å²) in [5.74, 6) is 1.42. The fourth-order valence-corrected chi connectivity index (χ4v) is 3.15. The molecule has 0 bridgehead atoms. The van der Waals surface area contributed by atoms with Gasteiger partial charge in [-0.3, -0.25) is 4.79 Å². The Morgan fingerprint density at radius 3 is 2.71 bits per heavy atom. The van der Waals surface area contributed by atoms with Gasteiger partial charge in [-0.15, -0.1) is 10.2 Å². The number of anilines is 1. The number of carbonyl (C=O) groups excluding carboxylic acids is 1. The zero-order valence-electron chi connectivity index (χ0n) is 15.5. The smallest absolute Gasteiger partial charge is 0.277 e. The van der Waals surface area contributed by atoms with Crippen LogP contribution >= 0.6 is 23.4 Å². The van der Waals surface area contributed by atoms with Gasteiger partial charge in [-0.1, -0.05) is 29.4 Å². The Balaban J connectivity index is 1.63. The summed E-state index contributed by atoms with van der Waals surface area (Å²) in [6.45, 7) is 1.85. The molecule has 0 atom stereocenters. The third-order valence-electron chi connectivity index (χ3n) is 3.91. The Bertz CT molecular complexity index is 993. The Morgan fingerprint density at radius 2 is 1.96 bits per heavy atom. The molecule has 0 radical (unpaired) electrons. The maximum atomic E-state index is 12.2. The number of nitrogens with zero attached hydrogens (tertiary/aromatic N) is 2. The number of ether oxygens (including phenoxy) is 2. The molecule has 0 aliphatic carbocycles. The molecule has 1 amide bonds. The highest BCUT2D eigenvalue weighted by molar-refractivity contribution is 7.99. The molecule has 0 spiro atoms. The van der Waals surface area contributed by atoms with Gasteiger partial charge in [0.15, 0.2) is 11.5 Å². The highest BCUT2D eigenvalue weighted by atomic mass is 35.5. The molecule has 3 rings (SSSR count). The lowest BCUT2D eigenvalue weighted by molar-refractivity contribution is -0.113. The lowest BCUT2D eigenvalue weighted by Gasteiger charge is -2.08. The first-order valence-electron chi connectivity index (χ1n) is 8.25. The molecule has 0 saturated carbocycles. The third kappa shape index (κ3) is 4.58.